The van der Waals surface area contributed by atoms with Gasteiger partial charge in [-0.2, -0.15) is 0 Å². The highest BCUT2D eigenvalue weighted by molar-refractivity contribution is 6.30. The predicted octanol–water partition coefficient (Wildman–Crippen LogP) is 5.90. The average molecular weight is 418 g/mol. The summed E-state index contributed by atoms with van der Waals surface area (Å²) < 4.78 is 6.17. The van der Waals surface area contributed by atoms with Crippen LogP contribution in [0.4, 0.5) is 0 Å². The highest BCUT2D eigenvalue weighted by atomic mass is 35.5. The van der Waals surface area contributed by atoms with E-state index in [1.165, 1.54) is 0 Å². The number of fused-ring (bicyclic) bond motifs is 1. The monoisotopic (exact) mass is 417 g/mol. The quantitative estimate of drug-likeness (QED) is 0.375. The molecule has 1 atom stereocenters. The summed E-state index contributed by atoms with van der Waals surface area (Å²) in [4.78, 5) is 0. The summed E-state index contributed by atoms with van der Waals surface area (Å²) in [6, 6.07) is 29.7. The first-order valence-corrected chi connectivity index (χ1v) is 10.4. The Morgan fingerprint density at radius 1 is 0.833 bits per heavy atom. The Morgan fingerprint density at radius 3 is 2.37 bits per heavy atom. The van der Waals surface area contributed by atoms with Crippen molar-refractivity contribution < 1.29 is 9.84 Å². The van der Waals surface area contributed by atoms with E-state index in [9.17, 15) is 5.11 Å². The standard InChI is InChI=1S/C26H24ClNO2/c27-22-13-10-19(11-14-22)18-30-26-15-12-20-6-4-5-9-23(20)24(26)16-28-17-25(29)21-7-2-1-3-8-21/h1-15,25,28-29H,16-18H2. The molecule has 0 aliphatic heterocycles. The molecule has 0 saturated carbocycles. The van der Waals surface area contributed by atoms with E-state index in [0.29, 0.717) is 24.7 Å². The molecule has 2 N–H and O–H groups in total. The van der Waals surface area contributed by atoms with Crippen LogP contribution in [0.25, 0.3) is 10.8 Å². The lowest BCUT2D eigenvalue weighted by atomic mass is 10.0. The SMILES string of the molecule is OC(CNCc1c(OCc2ccc(Cl)cc2)ccc2ccccc12)c1ccccc1. The number of aliphatic hydroxyl groups is 1. The van der Waals surface area contributed by atoms with Gasteiger partial charge in [0.2, 0.25) is 0 Å². The van der Waals surface area contributed by atoms with Gasteiger partial charge >= 0.3 is 0 Å². The lowest BCUT2D eigenvalue weighted by Crippen LogP contribution is -2.21. The Morgan fingerprint density at radius 2 is 1.57 bits per heavy atom. The van der Waals surface area contributed by atoms with Crippen LogP contribution in [0.15, 0.2) is 91.0 Å². The number of hydrogen-bond acceptors (Lipinski definition) is 3. The highest BCUT2D eigenvalue weighted by Gasteiger charge is 2.11. The van der Waals surface area contributed by atoms with Gasteiger partial charge in [-0.05, 0) is 40.1 Å². The number of rotatable bonds is 8. The van der Waals surface area contributed by atoms with Crippen molar-refractivity contribution in [1.29, 1.82) is 0 Å². The van der Waals surface area contributed by atoms with E-state index in [4.69, 9.17) is 16.3 Å². The van der Waals surface area contributed by atoms with E-state index in [0.717, 1.165) is 33.2 Å². The Bertz CT molecular complexity index is 1100. The summed E-state index contributed by atoms with van der Waals surface area (Å²) in [6.07, 6.45) is -0.556. The smallest absolute Gasteiger partial charge is 0.124 e. The minimum Gasteiger partial charge on any atom is -0.489 e. The fourth-order valence-corrected chi connectivity index (χ4v) is 3.63. The van der Waals surface area contributed by atoms with Gasteiger partial charge < -0.3 is 15.2 Å². The van der Waals surface area contributed by atoms with Crippen LogP contribution in [0.3, 0.4) is 0 Å². The van der Waals surface area contributed by atoms with Crippen molar-refractivity contribution in [3.63, 3.8) is 0 Å². The van der Waals surface area contributed by atoms with Crippen LogP contribution in [0.2, 0.25) is 5.02 Å². The number of ether oxygens (including phenoxy) is 1. The second-order valence-corrected chi connectivity index (χ2v) is 7.67. The summed E-state index contributed by atoms with van der Waals surface area (Å²) in [5, 5.41) is 16.9. The summed E-state index contributed by atoms with van der Waals surface area (Å²) in [7, 11) is 0. The molecule has 0 saturated heterocycles. The van der Waals surface area contributed by atoms with Crippen molar-refractivity contribution in [1.82, 2.24) is 5.32 Å². The molecule has 4 aromatic rings. The van der Waals surface area contributed by atoms with Crippen molar-refractivity contribution in [2.45, 2.75) is 19.3 Å². The van der Waals surface area contributed by atoms with Crippen LogP contribution in [0.5, 0.6) is 5.75 Å². The lowest BCUT2D eigenvalue weighted by molar-refractivity contribution is 0.174. The van der Waals surface area contributed by atoms with E-state index in [2.05, 4.69) is 23.5 Å². The third kappa shape index (κ3) is 5.00. The first-order chi connectivity index (χ1) is 14.7. The third-order valence-electron chi connectivity index (χ3n) is 5.13. The molecule has 0 amide bonds. The number of nitrogens with one attached hydrogen (secondary N) is 1. The van der Waals surface area contributed by atoms with E-state index >= 15 is 0 Å². The Hall–Kier alpha value is -2.85. The lowest BCUT2D eigenvalue weighted by Gasteiger charge is -2.17. The van der Waals surface area contributed by atoms with Crippen molar-refractivity contribution in [3.8, 4) is 5.75 Å². The maximum absolute atomic E-state index is 10.5. The molecule has 4 heteroatoms. The van der Waals surface area contributed by atoms with Gasteiger partial charge in [0.25, 0.3) is 0 Å². The summed E-state index contributed by atoms with van der Waals surface area (Å²) in [6.45, 7) is 1.53. The fraction of sp³-hybridized carbons (Fsp3) is 0.154. The maximum atomic E-state index is 10.5. The molecule has 152 valence electrons. The summed E-state index contributed by atoms with van der Waals surface area (Å²) in [5.41, 5.74) is 3.05. The average Bonchev–Trinajstić information content (AvgIpc) is 2.80. The molecule has 30 heavy (non-hydrogen) atoms. The Kier molecular flexibility index (Phi) is 6.65. The first kappa shape index (κ1) is 20.4. The summed E-state index contributed by atoms with van der Waals surface area (Å²) >= 11 is 5.98. The van der Waals surface area contributed by atoms with Crippen molar-refractivity contribution in [2.75, 3.05) is 6.54 Å². The van der Waals surface area contributed by atoms with Gasteiger partial charge in [0.1, 0.15) is 12.4 Å². The molecule has 0 fully saturated rings. The summed E-state index contributed by atoms with van der Waals surface area (Å²) in [5.74, 6) is 0.838. The maximum Gasteiger partial charge on any atom is 0.124 e. The van der Waals surface area contributed by atoms with Gasteiger partial charge in [-0.3, -0.25) is 0 Å². The molecule has 0 aromatic heterocycles. The Balaban J connectivity index is 1.50. The number of halogens is 1. The molecule has 0 heterocycles. The van der Waals surface area contributed by atoms with Gasteiger partial charge in [0.05, 0.1) is 6.10 Å². The van der Waals surface area contributed by atoms with E-state index < -0.39 is 6.10 Å². The molecule has 1 unspecified atom stereocenters. The van der Waals surface area contributed by atoms with Gasteiger partial charge in [0.15, 0.2) is 0 Å². The van der Waals surface area contributed by atoms with Crippen LogP contribution in [0.1, 0.15) is 22.8 Å². The fourth-order valence-electron chi connectivity index (χ4n) is 3.50. The zero-order valence-electron chi connectivity index (χ0n) is 16.6. The van der Waals surface area contributed by atoms with Gasteiger partial charge in [0, 0.05) is 23.7 Å². The van der Waals surface area contributed by atoms with Crippen molar-refractivity contribution in [2.24, 2.45) is 0 Å². The number of benzene rings is 4. The molecule has 3 nitrogen and oxygen atoms in total. The van der Waals surface area contributed by atoms with Gasteiger partial charge in [-0.25, -0.2) is 0 Å². The van der Waals surface area contributed by atoms with Crippen molar-refractivity contribution >= 4 is 22.4 Å². The topological polar surface area (TPSA) is 41.5 Å². The van der Waals surface area contributed by atoms with Gasteiger partial charge in [-0.15, -0.1) is 0 Å². The molecule has 0 radical (unpaired) electrons. The molecule has 0 bridgehead atoms. The zero-order valence-corrected chi connectivity index (χ0v) is 17.3. The molecule has 0 aliphatic carbocycles. The third-order valence-corrected chi connectivity index (χ3v) is 5.38. The van der Waals surface area contributed by atoms with E-state index in [1.807, 2.05) is 72.8 Å². The minimum atomic E-state index is -0.556. The van der Waals surface area contributed by atoms with E-state index in [-0.39, 0.29) is 0 Å². The predicted molar refractivity (Wildman–Crippen MR) is 123 cm³/mol. The zero-order chi connectivity index (χ0) is 20.8. The van der Waals surface area contributed by atoms with Crippen LogP contribution in [-0.4, -0.2) is 11.7 Å². The minimum absolute atomic E-state index is 0.462. The second-order valence-electron chi connectivity index (χ2n) is 7.24. The highest BCUT2D eigenvalue weighted by Crippen LogP contribution is 2.29. The molecule has 4 rings (SSSR count). The normalized spacial score (nSPS) is 12.1. The Labute approximate surface area is 181 Å². The van der Waals surface area contributed by atoms with Gasteiger partial charge in [-0.1, -0.05) is 84.4 Å². The largest absolute Gasteiger partial charge is 0.489 e. The number of hydrogen-bond donors (Lipinski definition) is 2. The first-order valence-electron chi connectivity index (χ1n) is 10.0. The second kappa shape index (κ2) is 9.77. The van der Waals surface area contributed by atoms with Crippen LogP contribution in [-0.2, 0) is 13.2 Å². The molecule has 0 spiro atoms. The van der Waals surface area contributed by atoms with E-state index in [1.54, 1.807) is 0 Å². The molecular formula is C26H24ClNO2. The van der Waals surface area contributed by atoms with Crippen LogP contribution >= 0.6 is 11.6 Å². The molecule has 4 aromatic carbocycles. The van der Waals surface area contributed by atoms with Crippen LogP contribution in [0, 0.1) is 0 Å². The van der Waals surface area contributed by atoms with Crippen molar-refractivity contribution in [3.05, 3.63) is 113 Å². The molecule has 0 aliphatic rings. The van der Waals surface area contributed by atoms with Crippen LogP contribution < -0.4 is 10.1 Å². The molecular weight excluding hydrogens is 394 g/mol. The number of aliphatic hydroxyl groups excluding tert-OH is 1.